The van der Waals surface area contributed by atoms with Crippen LogP contribution in [0.3, 0.4) is 0 Å². The second kappa shape index (κ2) is 4.73. The topological polar surface area (TPSA) is 61.8 Å². The van der Waals surface area contributed by atoms with Crippen molar-refractivity contribution < 1.29 is 23.8 Å². The summed E-state index contributed by atoms with van der Waals surface area (Å²) in [5, 5.41) is 0. The first-order valence-corrected chi connectivity index (χ1v) is 6.69. The largest absolute Gasteiger partial charge is 0.454 e. The second-order valence-electron chi connectivity index (χ2n) is 4.88. The summed E-state index contributed by atoms with van der Waals surface area (Å²) in [6, 6.07) is 11.9. The summed E-state index contributed by atoms with van der Waals surface area (Å²) in [5.41, 5.74) is 1.53. The van der Waals surface area contributed by atoms with E-state index in [4.69, 9.17) is 14.2 Å². The molecule has 2 aliphatic rings. The van der Waals surface area contributed by atoms with Crippen LogP contribution in [0.4, 0.5) is 0 Å². The molecule has 0 spiro atoms. The van der Waals surface area contributed by atoms with E-state index in [1.54, 1.807) is 42.5 Å². The van der Waals surface area contributed by atoms with Crippen molar-refractivity contribution in [3.63, 3.8) is 0 Å². The van der Waals surface area contributed by atoms with E-state index in [1.165, 1.54) is 6.08 Å². The van der Waals surface area contributed by atoms with Crippen LogP contribution in [0.1, 0.15) is 26.3 Å². The van der Waals surface area contributed by atoms with Crippen LogP contribution in [0.2, 0.25) is 0 Å². The molecule has 0 aromatic heterocycles. The second-order valence-corrected chi connectivity index (χ2v) is 4.88. The lowest BCUT2D eigenvalue weighted by Crippen LogP contribution is -1.97. The normalized spacial score (nSPS) is 16.5. The van der Waals surface area contributed by atoms with Gasteiger partial charge < -0.3 is 14.2 Å². The Bertz CT molecular complexity index is 835. The van der Waals surface area contributed by atoms with Crippen molar-refractivity contribution in [2.75, 3.05) is 6.79 Å². The van der Waals surface area contributed by atoms with Gasteiger partial charge in [0.15, 0.2) is 17.3 Å². The van der Waals surface area contributed by atoms with Gasteiger partial charge in [0.25, 0.3) is 0 Å². The van der Waals surface area contributed by atoms with Crippen LogP contribution in [0.5, 0.6) is 11.5 Å². The van der Waals surface area contributed by atoms with Gasteiger partial charge in [0.2, 0.25) is 6.79 Å². The Labute approximate surface area is 125 Å². The summed E-state index contributed by atoms with van der Waals surface area (Å²) in [7, 11) is 0. The van der Waals surface area contributed by atoms with E-state index < -0.39 is 5.97 Å². The number of benzene rings is 2. The fourth-order valence-electron chi connectivity index (χ4n) is 2.45. The summed E-state index contributed by atoms with van der Waals surface area (Å²) in [5.74, 6) is 0.705. The average molecular weight is 294 g/mol. The predicted octanol–water partition coefficient (Wildman–Crippen LogP) is 2.81. The van der Waals surface area contributed by atoms with Crippen LogP contribution in [-0.2, 0) is 4.74 Å². The molecule has 0 amide bonds. The number of rotatable bonds is 2. The molecule has 0 radical (unpaired) electrons. The van der Waals surface area contributed by atoms with E-state index >= 15 is 0 Å². The van der Waals surface area contributed by atoms with Gasteiger partial charge in [-0.15, -0.1) is 0 Å². The lowest BCUT2D eigenvalue weighted by molar-refractivity contribution is 0.0715. The van der Waals surface area contributed by atoms with Crippen molar-refractivity contribution in [1.29, 1.82) is 0 Å². The number of hydrogen-bond acceptors (Lipinski definition) is 5. The molecule has 0 saturated carbocycles. The Hall–Kier alpha value is -3.08. The molecule has 0 aliphatic carbocycles. The average Bonchev–Trinajstić information content (AvgIpc) is 3.12. The SMILES string of the molecule is O=C(/C=C1/OC(=O)c2ccccc21)c1ccc2c(c1)OCO2. The zero-order chi connectivity index (χ0) is 15.1. The Morgan fingerprint density at radius 1 is 1.00 bits per heavy atom. The number of allylic oxidation sites excluding steroid dienone is 1. The van der Waals surface area contributed by atoms with Gasteiger partial charge >= 0.3 is 5.97 Å². The molecule has 2 heterocycles. The van der Waals surface area contributed by atoms with Gasteiger partial charge in [0.05, 0.1) is 5.56 Å². The van der Waals surface area contributed by atoms with Crippen LogP contribution in [0, 0.1) is 0 Å². The van der Waals surface area contributed by atoms with Crippen LogP contribution in [0.25, 0.3) is 5.76 Å². The van der Waals surface area contributed by atoms with E-state index in [2.05, 4.69) is 0 Å². The number of carbonyl (C=O) groups is 2. The number of ketones is 1. The molecule has 0 unspecified atom stereocenters. The van der Waals surface area contributed by atoms with E-state index in [1.807, 2.05) is 0 Å². The molecule has 2 aromatic rings. The fraction of sp³-hybridized carbons (Fsp3) is 0.0588. The first kappa shape index (κ1) is 12.6. The minimum absolute atomic E-state index is 0.152. The van der Waals surface area contributed by atoms with Crippen LogP contribution in [-0.4, -0.2) is 18.5 Å². The van der Waals surface area contributed by atoms with Crippen molar-refractivity contribution in [2.24, 2.45) is 0 Å². The highest BCUT2D eigenvalue weighted by Gasteiger charge is 2.26. The number of ether oxygens (including phenoxy) is 3. The molecule has 4 rings (SSSR count). The molecular formula is C17H10O5. The minimum Gasteiger partial charge on any atom is -0.454 e. The number of cyclic esters (lactones) is 1. The monoisotopic (exact) mass is 294 g/mol. The maximum Gasteiger partial charge on any atom is 0.344 e. The van der Waals surface area contributed by atoms with Gasteiger partial charge in [-0.05, 0) is 24.3 Å². The maximum atomic E-state index is 12.4. The number of esters is 1. The first-order valence-electron chi connectivity index (χ1n) is 6.69. The van der Waals surface area contributed by atoms with E-state index in [9.17, 15) is 9.59 Å². The van der Waals surface area contributed by atoms with Gasteiger partial charge in [-0.25, -0.2) is 4.79 Å². The lowest BCUT2D eigenvalue weighted by Gasteiger charge is -2.01. The third-order valence-corrected chi connectivity index (χ3v) is 3.53. The zero-order valence-electron chi connectivity index (χ0n) is 11.4. The van der Waals surface area contributed by atoms with Crippen molar-refractivity contribution in [3.8, 4) is 11.5 Å². The van der Waals surface area contributed by atoms with Crippen LogP contribution < -0.4 is 9.47 Å². The predicted molar refractivity (Wildman–Crippen MR) is 76.7 cm³/mol. The lowest BCUT2D eigenvalue weighted by atomic mass is 10.1. The molecule has 0 bridgehead atoms. The summed E-state index contributed by atoms with van der Waals surface area (Å²) >= 11 is 0. The summed E-state index contributed by atoms with van der Waals surface area (Å²) in [6.07, 6.45) is 1.32. The Balaban J connectivity index is 1.69. The van der Waals surface area contributed by atoms with Crippen molar-refractivity contribution in [1.82, 2.24) is 0 Å². The van der Waals surface area contributed by atoms with Crippen molar-refractivity contribution in [3.05, 3.63) is 65.2 Å². The molecular weight excluding hydrogens is 284 g/mol. The Morgan fingerprint density at radius 3 is 2.64 bits per heavy atom. The fourth-order valence-corrected chi connectivity index (χ4v) is 2.45. The molecule has 5 heteroatoms. The molecule has 5 nitrogen and oxygen atoms in total. The minimum atomic E-state index is -0.444. The summed E-state index contributed by atoms with van der Waals surface area (Å²) in [6.45, 7) is 0.152. The summed E-state index contributed by atoms with van der Waals surface area (Å²) < 4.78 is 15.6. The highest BCUT2D eigenvalue weighted by atomic mass is 16.7. The van der Waals surface area contributed by atoms with Gasteiger partial charge in [-0.3, -0.25) is 4.79 Å². The molecule has 2 aliphatic heterocycles. The number of fused-ring (bicyclic) bond motifs is 2. The van der Waals surface area contributed by atoms with E-state index in [0.29, 0.717) is 28.2 Å². The van der Waals surface area contributed by atoms with Gasteiger partial charge in [0.1, 0.15) is 5.76 Å². The Morgan fingerprint density at radius 2 is 1.77 bits per heavy atom. The molecule has 0 saturated heterocycles. The van der Waals surface area contributed by atoms with Gasteiger partial charge in [-0.2, -0.15) is 0 Å². The standard InChI is InChI=1S/C17H10O5/c18-13(10-5-6-14-16(7-10)21-9-20-14)8-15-11-3-1-2-4-12(11)17(19)22-15/h1-8H,9H2/b15-8+. The third kappa shape index (κ3) is 1.95. The van der Waals surface area contributed by atoms with Gasteiger partial charge in [0, 0.05) is 17.2 Å². The number of hydrogen-bond donors (Lipinski definition) is 0. The quantitative estimate of drug-likeness (QED) is 0.484. The maximum absolute atomic E-state index is 12.4. The molecule has 2 aromatic carbocycles. The molecule has 108 valence electrons. The summed E-state index contributed by atoms with van der Waals surface area (Å²) in [4.78, 5) is 24.1. The van der Waals surface area contributed by atoms with Crippen LogP contribution >= 0.6 is 0 Å². The van der Waals surface area contributed by atoms with Crippen molar-refractivity contribution in [2.45, 2.75) is 0 Å². The Kier molecular flexibility index (Phi) is 2.72. The molecule has 0 N–H and O–H groups in total. The smallest absolute Gasteiger partial charge is 0.344 e. The van der Waals surface area contributed by atoms with Crippen LogP contribution in [0.15, 0.2) is 48.5 Å². The van der Waals surface area contributed by atoms with E-state index in [-0.39, 0.29) is 18.3 Å². The third-order valence-electron chi connectivity index (χ3n) is 3.53. The molecule has 22 heavy (non-hydrogen) atoms. The number of carbonyl (C=O) groups excluding carboxylic acids is 2. The van der Waals surface area contributed by atoms with E-state index in [0.717, 1.165) is 0 Å². The highest BCUT2D eigenvalue weighted by molar-refractivity contribution is 6.12. The first-order chi connectivity index (χ1) is 10.7. The van der Waals surface area contributed by atoms with Crippen molar-refractivity contribution >= 4 is 17.5 Å². The molecule has 0 atom stereocenters. The van der Waals surface area contributed by atoms with Gasteiger partial charge in [-0.1, -0.05) is 18.2 Å². The molecule has 0 fully saturated rings. The zero-order valence-corrected chi connectivity index (χ0v) is 11.4. The highest BCUT2D eigenvalue weighted by Crippen LogP contribution is 2.34.